The molecule has 12 heavy (non-hydrogen) atoms. The average Bonchev–Trinajstić information content (AvgIpc) is 2.43. The summed E-state index contributed by atoms with van der Waals surface area (Å²) in [4.78, 5) is 0. The van der Waals surface area contributed by atoms with E-state index in [1.165, 1.54) is 0 Å². The maximum atomic E-state index is 4.13. The molecule has 0 aliphatic carbocycles. The van der Waals surface area contributed by atoms with Crippen molar-refractivity contribution in [3.8, 4) is 0 Å². The highest BCUT2D eigenvalue weighted by Gasteiger charge is 1.98. The molecule has 1 aromatic heterocycles. The molecule has 0 unspecified atom stereocenters. The summed E-state index contributed by atoms with van der Waals surface area (Å²) in [6.45, 7) is 9.27. The Bertz CT molecular complexity index is 319. The third-order valence-corrected chi connectivity index (χ3v) is 1.67. The molecule has 0 spiro atoms. The number of hydrogen-bond acceptors (Lipinski definition) is 1. The molecule has 0 aliphatic heterocycles. The van der Waals surface area contributed by atoms with Crippen molar-refractivity contribution in [1.29, 1.82) is 0 Å². The van der Waals surface area contributed by atoms with Gasteiger partial charge in [-0.15, -0.1) is 0 Å². The summed E-state index contributed by atoms with van der Waals surface area (Å²) in [6.07, 6.45) is 8.99. The molecular formula is C10H12N2. The first-order valence-corrected chi connectivity index (χ1v) is 3.75. The maximum Gasteiger partial charge on any atom is 0.0569 e. The maximum absolute atomic E-state index is 4.13. The lowest BCUT2D eigenvalue weighted by Crippen LogP contribution is -1.90. The van der Waals surface area contributed by atoms with Crippen molar-refractivity contribution < 1.29 is 0 Å². The lowest BCUT2D eigenvalue weighted by atomic mass is 10.3. The van der Waals surface area contributed by atoms with Crippen LogP contribution in [0.25, 0.3) is 12.3 Å². The van der Waals surface area contributed by atoms with Gasteiger partial charge in [0.25, 0.3) is 0 Å². The Morgan fingerprint density at radius 1 is 1.50 bits per heavy atom. The van der Waals surface area contributed by atoms with Crippen LogP contribution in [0.1, 0.15) is 11.3 Å². The molecule has 2 nitrogen and oxygen atoms in total. The molecule has 0 N–H and O–H groups in total. The van der Waals surface area contributed by atoms with Gasteiger partial charge in [-0.25, -0.2) is 4.68 Å². The summed E-state index contributed by atoms with van der Waals surface area (Å²) >= 11 is 0. The molecule has 0 atom stereocenters. The molecular weight excluding hydrogens is 148 g/mol. The fourth-order valence-corrected chi connectivity index (χ4v) is 0.930. The lowest BCUT2D eigenvalue weighted by molar-refractivity contribution is 0.897. The summed E-state index contributed by atoms with van der Waals surface area (Å²) < 4.78 is 1.79. The van der Waals surface area contributed by atoms with Crippen LogP contribution in [-0.2, 0) is 0 Å². The van der Waals surface area contributed by atoms with Gasteiger partial charge in [0.15, 0.2) is 0 Å². The predicted molar refractivity (Wildman–Crippen MR) is 52.6 cm³/mol. The first-order chi connectivity index (χ1) is 5.79. The van der Waals surface area contributed by atoms with Crippen molar-refractivity contribution >= 4 is 12.3 Å². The van der Waals surface area contributed by atoms with E-state index < -0.39 is 0 Å². The van der Waals surface area contributed by atoms with Gasteiger partial charge in [-0.2, -0.15) is 5.10 Å². The van der Waals surface area contributed by atoms with E-state index >= 15 is 0 Å². The van der Waals surface area contributed by atoms with Crippen molar-refractivity contribution in [3.05, 3.63) is 42.8 Å². The normalized spacial score (nSPS) is 10.4. The van der Waals surface area contributed by atoms with Gasteiger partial charge in [0, 0.05) is 17.5 Å². The monoisotopic (exact) mass is 160 g/mol. The van der Waals surface area contributed by atoms with Crippen LogP contribution in [0.5, 0.6) is 0 Å². The zero-order valence-corrected chi connectivity index (χ0v) is 7.20. The molecule has 1 aromatic rings. The molecule has 0 saturated heterocycles. The van der Waals surface area contributed by atoms with Crippen LogP contribution in [0.3, 0.4) is 0 Å². The Hall–Kier alpha value is -1.57. The molecule has 0 bridgehead atoms. The standard InChI is InChI=1S/C10H12N2/c1-4-6-7-12-9(3)10(5-2)8-11-12/h4-8H,1-2H2,3H3/b7-6-. The molecule has 62 valence electrons. The van der Waals surface area contributed by atoms with Gasteiger partial charge < -0.3 is 0 Å². The van der Waals surface area contributed by atoms with E-state index in [9.17, 15) is 0 Å². The molecule has 0 saturated carbocycles. The molecule has 0 aromatic carbocycles. The van der Waals surface area contributed by atoms with Crippen molar-refractivity contribution in [2.24, 2.45) is 0 Å². The van der Waals surface area contributed by atoms with E-state index in [0.717, 1.165) is 11.3 Å². The third-order valence-electron chi connectivity index (χ3n) is 1.67. The number of aromatic nitrogens is 2. The van der Waals surface area contributed by atoms with Crippen molar-refractivity contribution in [1.82, 2.24) is 9.78 Å². The molecule has 2 heteroatoms. The van der Waals surface area contributed by atoms with Crippen LogP contribution in [-0.4, -0.2) is 9.78 Å². The quantitative estimate of drug-likeness (QED) is 0.621. The minimum atomic E-state index is 1.06. The topological polar surface area (TPSA) is 17.8 Å². The lowest BCUT2D eigenvalue weighted by Gasteiger charge is -1.94. The van der Waals surface area contributed by atoms with Crippen LogP contribution < -0.4 is 0 Å². The van der Waals surface area contributed by atoms with E-state index in [1.54, 1.807) is 23.0 Å². The van der Waals surface area contributed by atoms with Gasteiger partial charge in [-0.05, 0) is 13.0 Å². The zero-order chi connectivity index (χ0) is 8.97. The Labute approximate surface area is 72.5 Å². The Morgan fingerprint density at radius 3 is 2.75 bits per heavy atom. The minimum absolute atomic E-state index is 1.06. The second-order valence-corrected chi connectivity index (χ2v) is 2.41. The van der Waals surface area contributed by atoms with E-state index in [4.69, 9.17) is 0 Å². The van der Waals surface area contributed by atoms with Crippen molar-refractivity contribution in [3.63, 3.8) is 0 Å². The molecule has 1 heterocycles. The largest absolute Gasteiger partial charge is 0.245 e. The van der Waals surface area contributed by atoms with Crippen LogP contribution in [0.2, 0.25) is 0 Å². The summed E-state index contributed by atoms with van der Waals surface area (Å²) in [7, 11) is 0. The van der Waals surface area contributed by atoms with Gasteiger partial charge in [-0.3, -0.25) is 0 Å². The van der Waals surface area contributed by atoms with E-state index in [-0.39, 0.29) is 0 Å². The summed E-state index contributed by atoms with van der Waals surface area (Å²) in [5.74, 6) is 0. The minimum Gasteiger partial charge on any atom is -0.245 e. The smallest absolute Gasteiger partial charge is 0.0569 e. The second-order valence-electron chi connectivity index (χ2n) is 2.41. The van der Waals surface area contributed by atoms with Gasteiger partial charge in [-0.1, -0.05) is 25.3 Å². The van der Waals surface area contributed by atoms with E-state index in [2.05, 4.69) is 18.3 Å². The van der Waals surface area contributed by atoms with Crippen LogP contribution in [0.15, 0.2) is 31.5 Å². The number of hydrogen-bond donors (Lipinski definition) is 0. The summed E-state index contributed by atoms with van der Waals surface area (Å²) in [5, 5.41) is 4.13. The van der Waals surface area contributed by atoms with Crippen molar-refractivity contribution in [2.75, 3.05) is 0 Å². The highest BCUT2D eigenvalue weighted by molar-refractivity contribution is 5.50. The molecule has 0 fully saturated rings. The van der Waals surface area contributed by atoms with Crippen LogP contribution >= 0.6 is 0 Å². The summed E-state index contributed by atoms with van der Waals surface area (Å²) in [6, 6.07) is 0. The first kappa shape index (κ1) is 8.53. The summed E-state index contributed by atoms with van der Waals surface area (Å²) in [5.41, 5.74) is 2.15. The second kappa shape index (κ2) is 3.72. The molecule has 1 rings (SSSR count). The van der Waals surface area contributed by atoms with E-state index in [1.807, 2.05) is 19.2 Å². The van der Waals surface area contributed by atoms with Gasteiger partial charge >= 0.3 is 0 Å². The number of allylic oxidation sites excluding steroid dienone is 2. The van der Waals surface area contributed by atoms with Crippen molar-refractivity contribution in [2.45, 2.75) is 6.92 Å². The highest BCUT2D eigenvalue weighted by atomic mass is 15.3. The Balaban J connectivity index is 3.01. The van der Waals surface area contributed by atoms with Gasteiger partial charge in [0.1, 0.15) is 0 Å². The third kappa shape index (κ3) is 1.53. The predicted octanol–water partition coefficient (Wildman–Crippen LogP) is 2.49. The zero-order valence-electron chi connectivity index (χ0n) is 7.20. The number of nitrogens with zero attached hydrogens (tertiary/aromatic N) is 2. The fraction of sp³-hybridized carbons (Fsp3) is 0.100. The Kier molecular flexibility index (Phi) is 2.64. The first-order valence-electron chi connectivity index (χ1n) is 3.75. The molecule has 0 radical (unpaired) electrons. The van der Waals surface area contributed by atoms with E-state index in [0.29, 0.717) is 0 Å². The van der Waals surface area contributed by atoms with Gasteiger partial charge in [0.2, 0.25) is 0 Å². The van der Waals surface area contributed by atoms with Crippen LogP contribution in [0.4, 0.5) is 0 Å². The SMILES string of the molecule is C=C/C=C\n1ncc(C=C)c1C. The van der Waals surface area contributed by atoms with Gasteiger partial charge in [0.05, 0.1) is 6.20 Å². The van der Waals surface area contributed by atoms with Crippen LogP contribution in [0, 0.1) is 6.92 Å². The number of rotatable bonds is 3. The highest BCUT2D eigenvalue weighted by Crippen LogP contribution is 2.07. The fourth-order valence-electron chi connectivity index (χ4n) is 0.930. The average molecular weight is 160 g/mol. The molecule has 0 aliphatic rings. The Morgan fingerprint density at radius 2 is 2.25 bits per heavy atom. The molecule has 0 amide bonds.